The second-order valence-electron chi connectivity index (χ2n) is 3.47. The van der Waals surface area contributed by atoms with Crippen LogP contribution in [0.15, 0.2) is 18.2 Å². The average molecular weight is 207 g/mol. The van der Waals surface area contributed by atoms with E-state index in [2.05, 4.69) is 6.92 Å². The molecule has 0 spiro atoms. The van der Waals surface area contributed by atoms with Crippen LogP contribution in [0.2, 0.25) is 0 Å². The summed E-state index contributed by atoms with van der Waals surface area (Å²) in [5.41, 5.74) is 0.0468. The van der Waals surface area contributed by atoms with Crippen LogP contribution in [-0.2, 0) is 0 Å². The molecule has 0 heterocycles. The van der Waals surface area contributed by atoms with Crippen LogP contribution in [-0.4, -0.2) is 6.10 Å². The molecule has 80 valence electrons. The van der Waals surface area contributed by atoms with Crippen LogP contribution in [0, 0.1) is 17.1 Å². The second-order valence-corrected chi connectivity index (χ2v) is 3.47. The first-order valence-corrected chi connectivity index (χ1v) is 5.03. The third-order valence-corrected chi connectivity index (χ3v) is 2.09. The van der Waals surface area contributed by atoms with E-state index in [0.29, 0.717) is 5.75 Å². The number of ether oxygens (including phenoxy) is 1. The third kappa shape index (κ3) is 3.25. The Labute approximate surface area is 89.3 Å². The predicted molar refractivity (Wildman–Crippen MR) is 56.1 cm³/mol. The van der Waals surface area contributed by atoms with Crippen molar-refractivity contribution in [1.82, 2.24) is 0 Å². The highest BCUT2D eigenvalue weighted by Crippen LogP contribution is 2.18. The van der Waals surface area contributed by atoms with E-state index in [4.69, 9.17) is 10.00 Å². The van der Waals surface area contributed by atoms with Crippen LogP contribution in [0.4, 0.5) is 4.39 Å². The summed E-state index contributed by atoms with van der Waals surface area (Å²) in [6.45, 7) is 4.01. The highest BCUT2D eigenvalue weighted by Gasteiger charge is 2.06. The molecule has 0 radical (unpaired) electrons. The Morgan fingerprint density at radius 2 is 2.27 bits per heavy atom. The fraction of sp³-hybridized carbons (Fsp3) is 0.417. The van der Waals surface area contributed by atoms with Crippen LogP contribution in [0.3, 0.4) is 0 Å². The van der Waals surface area contributed by atoms with E-state index in [0.717, 1.165) is 12.8 Å². The Morgan fingerprint density at radius 3 is 2.80 bits per heavy atom. The van der Waals surface area contributed by atoms with Gasteiger partial charge in [-0.2, -0.15) is 5.26 Å². The van der Waals surface area contributed by atoms with Gasteiger partial charge in [0.1, 0.15) is 17.6 Å². The van der Waals surface area contributed by atoms with Gasteiger partial charge < -0.3 is 4.74 Å². The zero-order valence-electron chi connectivity index (χ0n) is 8.96. The van der Waals surface area contributed by atoms with Crippen LogP contribution in [0.1, 0.15) is 32.3 Å². The third-order valence-electron chi connectivity index (χ3n) is 2.09. The molecule has 1 aromatic carbocycles. The molecule has 0 aliphatic carbocycles. The minimum absolute atomic E-state index is 0.0468. The van der Waals surface area contributed by atoms with Crippen LogP contribution in [0.25, 0.3) is 0 Å². The monoisotopic (exact) mass is 207 g/mol. The fourth-order valence-corrected chi connectivity index (χ4v) is 1.36. The SMILES string of the molecule is CCCC(C)Oc1ccc(C#N)c(F)c1. The molecule has 15 heavy (non-hydrogen) atoms. The molecule has 0 fully saturated rings. The van der Waals surface area contributed by atoms with E-state index in [1.165, 1.54) is 12.1 Å². The topological polar surface area (TPSA) is 33.0 Å². The maximum atomic E-state index is 13.2. The number of benzene rings is 1. The molecule has 0 amide bonds. The van der Waals surface area contributed by atoms with Gasteiger partial charge in [-0.1, -0.05) is 13.3 Å². The highest BCUT2D eigenvalue weighted by molar-refractivity contribution is 5.36. The van der Waals surface area contributed by atoms with Gasteiger partial charge in [0.25, 0.3) is 0 Å². The minimum atomic E-state index is -0.529. The van der Waals surface area contributed by atoms with Crippen LogP contribution >= 0.6 is 0 Å². The normalized spacial score (nSPS) is 11.9. The highest BCUT2D eigenvalue weighted by atomic mass is 19.1. The van der Waals surface area contributed by atoms with Gasteiger partial charge in [-0.05, 0) is 25.5 Å². The van der Waals surface area contributed by atoms with Crippen molar-refractivity contribution < 1.29 is 9.13 Å². The first-order valence-electron chi connectivity index (χ1n) is 5.03. The predicted octanol–water partition coefficient (Wildman–Crippen LogP) is 3.26. The lowest BCUT2D eigenvalue weighted by Crippen LogP contribution is -2.11. The molecule has 0 saturated carbocycles. The first-order chi connectivity index (χ1) is 7.17. The van der Waals surface area contributed by atoms with Crippen molar-refractivity contribution in [2.45, 2.75) is 32.8 Å². The van der Waals surface area contributed by atoms with Crippen LogP contribution in [0.5, 0.6) is 5.75 Å². The Balaban J connectivity index is 2.72. The summed E-state index contributed by atoms with van der Waals surface area (Å²) in [6.07, 6.45) is 2.03. The maximum Gasteiger partial charge on any atom is 0.144 e. The van der Waals surface area contributed by atoms with Gasteiger partial charge >= 0.3 is 0 Å². The lowest BCUT2D eigenvalue weighted by Gasteiger charge is -2.13. The molecule has 0 aliphatic rings. The zero-order valence-corrected chi connectivity index (χ0v) is 8.96. The summed E-state index contributed by atoms with van der Waals surface area (Å²) in [4.78, 5) is 0. The lowest BCUT2D eigenvalue weighted by molar-refractivity contribution is 0.209. The number of hydrogen-bond donors (Lipinski definition) is 0. The van der Waals surface area contributed by atoms with E-state index >= 15 is 0 Å². The van der Waals surface area contributed by atoms with E-state index in [1.54, 1.807) is 12.1 Å². The molecule has 1 atom stereocenters. The molecule has 0 aliphatic heterocycles. The van der Waals surface area contributed by atoms with Crippen molar-refractivity contribution in [2.24, 2.45) is 0 Å². The quantitative estimate of drug-likeness (QED) is 0.759. The molecule has 0 bridgehead atoms. The summed E-state index contributed by atoms with van der Waals surface area (Å²) in [5.74, 6) is -0.0499. The number of halogens is 1. The van der Waals surface area contributed by atoms with Gasteiger partial charge in [-0.15, -0.1) is 0 Å². The Kier molecular flexibility index (Phi) is 4.11. The lowest BCUT2D eigenvalue weighted by atomic mass is 10.2. The van der Waals surface area contributed by atoms with Crippen molar-refractivity contribution in [1.29, 1.82) is 5.26 Å². The van der Waals surface area contributed by atoms with Gasteiger partial charge in [0.2, 0.25) is 0 Å². The molecular weight excluding hydrogens is 193 g/mol. The number of nitriles is 1. The standard InChI is InChI=1S/C12H14FNO/c1-3-4-9(2)15-11-6-5-10(8-14)12(13)7-11/h5-7,9H,3-4H2,1-2H3. The van der Waals surface area contributed by atoms with E-state index < -0.39 is 5.82 Å². The summed E-state index contributed by atoms with van der Waals surface area (Å²) in [6, 6.07) is 6.08. The van der Waals surface area contributed by atoms with Crippen molar-refractivity contribution in [3.63, 3.8) is 0 Å². The molecule has 3 heteroatoms. The Morgan fingerprint density at radius 1 is 1.53 bits per heavy atom. The molecule has 0 N–H and O–H groups in total. The average Bonchev–Trinajstić information content (AvgIpc) is 2.18. The number of hydrogen-bond acceptors (Lipinski definition) is 2. The van der Waals surface area contributed by atoms with Gasteiger partial charge in [0, 0.05) is 6.07 Å². The van der Waals surface area contributed by atoms with E-state index in [9.17, 15) is 4.39 Å². The molecule has 0 saturated heterocycles. The summed E-state index contributed by atoms with van der Waals surface area (Å²) in [5, 5.41) is 8.54. The van der Waals surface area contributed by atoms with Gasteiger partial charge in [-0.3, -0.25) is 0 Å². The van der Waals surface area contributed by atoms with Crippen molar-refractivity contribution in [3.8, 4) is 11.8 Å². The second kappa shape index (κ2) is 5.35. The summed E-state index contributed by atoms with van der Waals surface area (Å²) >= 11 is 0. The molecule has 1 unspecified atom stereocenters. The number of nitrogens with zero attached hydrogens (tertiary/aromatic N) is 1. The largest absolute Gasteiger partial charge is 0.491 e. The first kappa shape index (κ1) is 11.5. The molecule has 1 aromatic rings. The van der Waals surface area contributed by atoms with Crippen molar-refractivity contribution >= 4 is 0 Å². The van der Waals surface area contributed by atoms with Crippen molar-refractivity contribution in [3.05, 3.63) is 29.6 Å². The van der Waals surface area contributed by atoms with E-state index in [-0.39, 0.29) is 11.7 Å². The molecule has 0 aromatic heterocycles. The smallest absolute Gasteiger partial charge is 0.144 e. The summed E-state index contributed by atoms with van der Waals surface area (Å²) < 4.78 is 18.7. The Hall–Kier alpha value is -1.56. The summed E-state index contributed by atoms with van der Waals surface area (Å²) in [7, 11) is 0. The van der Waals surface area contributed by atoms with Gasteiger partial charge in [-0.25, -0.2) is 4.39 Å². The molecule has 1 rings (SSSR count). The minimum Gasteiger partial charge on any atom is -0.491 e. The van der Waals surface area contributed by atoms with Gasteiger partial charge in [0.05, 0.1) is 11.7 Å². The van der Waals surface area contributed by atoms with Crippen LogP contribution < -0.4 is 4.74 Å². The van der Waals surface area contributed by atoms with E-state index in [1.807, 2.05) is 6.92 Å². The molecular formula is C12H14FNO. The number of rotatable bonds is 4. The fourth-order valence-electron chi connectivity index (χ4n) is 1.36. The van der Waals surface area contributed by atoms with Gasteiger partial charge in [0.15, 0.2) is 0 Å². The van der Waals surface area contributed by atoms with Crippen molar-refractivity contribution in [2.75, 3.05) is 0 Å². The zero-order chi connectivity index (χ0) is 11.3. The maximum absolute atomic E-state index is 13.2. The Bertz CT molecular complexity index is 370. The molecule has 2 nitrogen and oxygen atoms in total.